The Kier molecular flexibility index (Phi) is 2.88. The number of halogens is 3. The molecule has 0 spiro atoms. The minimum atomic E-state index is -4.38. The standard InChI is InChI=1S/C10H11F3N4O/c1-5(2)6-4-14-9-15-7(3-10(11,12)13)16-17(9)8(6)18/h4-5H,3H2,1-2H3,(H,14,15,16). The average molecular weight is 260 g/mol. The Balaban J connectivity index is 2.52. The first-order valence-corrected chi connectivity index (χ1v) is 5.31. The summed E-state index contributed by atoms with van der Waals surface area (Å²) in [5.41, 5.74) is 0.00522. The first-order chi connectivity index (χ1) is 8.28. The van der Waals surface area contributed by atoms with E-state index >= 15 is 0 Å². The summed E-state index contributed by atoms with van der Waals surface area (Å²) in [6.45, 7) is 3.61. The summed E-state index contributed by atoms with van der Waals surface area (Å²) in [5, 5.41) is 2.33. The molecule has 0 radical (unpaired) electrons. The largest absolute Gasteiger partial charge is 0.396 e. The average Bonchev–Trinajstić information content (AvgIpc) is 2.58. The third-order valence-electron chi connectivity index (χ3n) is 2.43. The van der Waals surface area contributed by atoms with E-state index in [0.29, 0.717) is 5.56 Å². The van der Waals surface area contributed by atoms with E-state index in [-0.39, 0.29) is 17.5 Å². The molecule has 0 saturated carbocycles. The Morgan fingerprint density at radius 2 is 2.11 bits per heavy atom. The SMILES string of the molecule is CC(C)c1cnc2nc(CC(F)(F)F)[nH]n2c1=O. The number of aromatic nitrogens is 4. The lowest BCUT2D eigenvalue weighted by atomic mass is 10.1. The van der Waals surface area contributed by atoms with Crippen molar-refractivity contribution in [3.05, 3.63) is 27.9 Å². The molecule has 2 rings (SSSR count). The van der Waals surface area contributed by atoms with Gasteiger partial charge in [-0.05, 0) is 5.92 Å². The van der Waals surface area contributed by atoms with Crippen LogP contribution >= 0.6 is 0 Å². The van der Waals surface area contributed by atoms with Crippen molar-refractivity contribution in [2.45, 2.75) is 32.4 Å². The highest BCUT2D eigenvalue weighted by Gasteiger charge is 2.30. The van der Waals surface area contributed by atoms with E-state index in [2.05, 4.69) is 15.1 Å². The van der Waals surface area contributed by atoms with Crippen molar-refractivity contribution in [3.63, 3.8) is 0 Å². The molecule has 2 heterocycles. The highest BCUT2D eigenvalue weighted by Crippen LogP contribution is 2.19. The van der Waals surface area contributed by atoms with E-state index in [0.717, 1.165) is 4.52 Å². The van der Waals surface area contributed by atoms with E-state index in [9.17, 15) is 18.0 Å². The molecule has 1 N–H and O–H groups in total. The predicted octanol–water partition coefficient (Wildman–Crippen LogP) is 1.65. The third-order valence-corrected chi connectivity index (χ3v) is 2.43. The number of nitrogens with one attached hydrogen (secondary N) is 1. The number of rotatable bonds is 2. The van der Waals surface area contributed by atoms with Crippen LogP contribution in [0.1, 0.15) is 31.2 Å². The van der Waals surface area contributed by atoms with Crippen molar-refractivity contribution in [3.8, 4) is 0 Å². The molecule has 0 atom stereocenters. The molecule has 0 aromatic carbocycles. The number of hydrogen-bond donors (Lipinski definition) is 1. The van der Waals surface area contributed by atoms with Gasteiger partial charge in [-0.25, -0.2) is 4.98 Å². The van der Waals surface area contributed by atoms with Crippen molar-refractivity contribution in [1.82, 2.24) is 19.6 Å². The van der Waals surface area contributed by atoms with Gasteiger partial charge in [-0.15, -0.1) is 0 Å². The van der Waals surface area contributed by atoms with Crippen LogP contribution in [0.5, 0.6) is 0 Å². The van der Waals surface area contributed by atoms with Gasteiger partial charge >= 0.3 is 6.18 Å². The van der Waals surface area contributed by atoms with Crippen LogP contribution in [0.15, 0.2) is 11.0 Å². The topological polar surface area (TPSA) is 63.1 Å². The molecule has 98 valence electrons. The molecule has 0 aliphatic heterocycles. The summed E-state index contributed by atoms with van der Waals surface area (Å²) in [6.07, 6.45) is -4.24. The van der Waals surface area contributed by atoms with Gasteiger partial charge in [0.2, 0.25) is 0 Å². The Labute approximate surface area is 99.7 Å². The molecule has 0 unspecified atom stereocenters. The Bertz CT molecular complexity index is 626. The van der Waals surface area contributed by atoms with Crippen molar-refractivity contribution in [1.29, 1.82) is 0 Å². The van der Waals surface area contributed by atoms with Crippen molar-refractivity contribution >= 4 is 5.78 Å². The predicted molar refractivity (Wildman–Crippen MR) is 57.5 cm³/mol. The summed E-state index contributed by atoms with van der Waals surface area (Å²) in [5.74, 6) is -0.437. The van der Waals surface area contributed by atoms with E-state index in [4.69, 9.17) is 0 Å². The number of aromatic amines is 1. The fourth-order valence-corrected chi connectivity index (χ4v) is 1.58. The number of H-pyrrole nitrogens is 1. The molecule has 0 saturated heterocycles. The number of nitrogens with zero attached hydrogens (tertiary/aromatic N) is 3. The zero-order valence-electron chi connectivity index (χ0n) is 9.75. The minimum absolute atomic E-state index is 0.0522. The van der Waals surface area contributed by atoms with Gasteiger partial charge in [0.1, 0.15) is 12.2 Å². The zero-order chi connectivity index (χ0) is 13.5. The van der Waals surface area contributed by atoms with Gasteiger partial charge in [0.25, 0.3) is 11.3 Å². The zero-order valence-corrected chi connectivity index (χ0v) is 9.75. The van der Waals surface area contributed by atoms with Gasteiger partial charge < -0.3 is 0 Å². The van der Waals surface area contributed by atoms with E-state index in [1.807, 2.05) is 0 Å². The number of alkyl halides is 3. The fourth-order valence-electron chi connectivity index (χ4n) is 1.58. The lowest BCUT2D eigenvalue weighted by molar-refractivity contribution is -0.128. The molecule has 2 aromatic rings. The maximum absolute atomic E-state index is 12.2. The molecule has 0 fully saturated rings. The lowest BCUT2D eigenvalue weighted by Gasteiger charge is -2.02. The second kappa shape index (κ2) is 4.11. The summed E-state index contributed by atoms with van der Waals surface area (Å²) in [6, 6.07) is 0. The van der Waals surface area contributed by atoms with Gasteiger partial charge in [-0.1, -0.05) is 13.8 Å². The van der Waals surface area contributed by atoms with Crippen LogP contribution in [0.3, 0.4) is 0 Å². The summed E-state index contributed by atoms with van der Waals surface area (Å²) >= 11 is 0. The molecule has 0 aliphatic carbocycles. The molecular formula is C10H11F3N4O. The molecule has 5 nitrogen and oxygen atoms in total. The Morgan fingerprint density at radius 1 is 1.44 bits per heavy atom. The van der Waals surface area contributed by atoms with Gasteiger partial charge in [0.15, 0.2) is 0 Å². The van der Waals surface area contributed by atoms with Gasteiger partial charge in [0, 0.05) is 11.8 Å². The highest BCUT2D eigenvalue weighted by molar-refractivity contribution is 5.28. The van der Waals surface area contributed by atoms with Crippen molar-refractivity contribution in [2.24, 2.45) is 0 Å². The molecule has 0 bridgehead atoms. The Morgan fingerprint density at radius 3 is 2.67 bits per heavy atom. The fraction of sp³-hybridized carbons (Fsp3) is 0.500. The van der Waals surface area contributed by atoms with Crippen LogP contribution in [0.25, 0.3) is 5.78 Å². The van der Waals surface area contributed by atoms with Crippen molar-refractivity contribution < 1.29 is 13.2 Å². The van der Waals surface area contributed by atoms with E-state index in [1.165, 1.54) is 6.20 Å². The number of fused-ring (bicyclic) bond motifs is 1. The van der Waals surface area contributed by atoms with Crippen LogP contribution in [-0.4, -0.2) is 25.8 Å². The van der Waals surface area contributed by atoms with Crippen LogP contribution < -0.4 is 5.56 Å². The molecule has 0 amide bonds. The first-order valence-electron chi connectivity index (χ1n) is 5.31. The summed E-state index contributed by atoms with van der Waals surface area (Å²) in [4.78, 5) is 19.4. The number of hydrogen-bond acceptors (Lipinski definition) is 3. The van der Waals surface area contributed by atoms with Crippen LogP contribution in [0, 0.1) is 0 Å². The molecule has 18 heavy (non-hydrogen) atoms. The van der Waals surface area contributed by atoms with Gasteiger partial charge in [-0.2, -0.15) is 22.7 Å². The molecule has 8 heteroatoms. The molecule has 0 aliphatic rings. The van der Waals surface area contributed by atoms with Gasteiger partial charge in [0.05, 0.1) is 0 Å². The van der Waals surface area contributed by atoms with Crippen molar-refractivity contribution in [2.75, 3.05) is 0 Å². The molecule has 2 aromatic heterocycles. The van der Waals surface area contributed by atoms with Crippen LogP contribution in [0.2, 0.25) is 0 Å². The Hall–Kier alpha value is -1.86. The first kappa shape index (κ1) is 12.6. The van der Waals surface area contributed by atoms with Gasteiger partial charge in [-0.3, -0.25) is 9.89 Å². The normalized spacial score (nSPS) is 12.6. The quantitative estimate of drug-likeness (QED) is 0.892. The molecular weight excluding hydrogens is 249 g/mol. The van der Waals surface area contributed by atoms with Crippen LogP contribution in [0.4, 0.5) is 13.2 Å². The summed E-state index contributed by atoms with van der Waals surface area (Å²) in [7, 11) is 0. The maximum Gasteiger partial charge on any atom is 0.396 e. The second-order valence-corrected chi connectivity index (χ2v) is 4.27. The van der Waals surface area contributed by atoms with E-state index < -0.39 is 18.2 Å². The second-order valence-electron chi connectivity index (χ2n) is 4.27. The lowest BCUT2D eigenvalue weighted by Crippen LogP contribution is -2.21. The smallest absolute Gasteiger partial charge is 0.275 e. The highest BCUT2D eigenvalue weighted by atomic mass is 19.4. The monoisotopic (exact) mass is 260 g/mol. The third kappa shape index (κ3) is 2.36. The summed E-state index contributed by atoms with van der Waals surface area (Å²) < 4.78 is 37.6. The van der Waals surface area contributed by atoms with Crippen LogP contribution in [-0.2, 0) is 6.42 Å². The maximum atomic E-state index is 12.2. The minimum Gasteiger partial charge on any atom is -0.275 e. The van der Waals surface area contributed by atoms with E-state index in [1.54, 1.807) is 13.8 Å².